The van der Waals surface area contributed by atoms with Gasteiger partial charge in [0.15, 0.2) is 0 Å². The molecule has 0 aromatic heterocycles. The molecule has 1 unspecified atom stereocenters. The lowest BCUT2D eigenvalue weighted by Crippen LogP contribution is -2.40. The van der Waals surface area contributed by atoms with Crippen molar-refractivity contribution >= 4 is 5.91 Å². The number of amides is 1. The molecule has 106 valence electrons. The summed E-state index contributed by atoms with van der Waals surface area (Å²) in [6, 6.07) is 0. The van der Waals surface area contributed by atoms with Crippen molar-refractivity contribution in [2.45, 2.75) is 58.8 Å². The van der Waals surface area contributed by atoms with Crippen molar-refractivity contribution in [2.24, 2.45) is 17.6 Å². The fourth-order valence-corrected chi connectivity index (χ4v) is 2.79. The second-order valence-corrected chi connectivity index (χ2v) is 5.76. The summed E-state index contributed by atoms with van der Waals surface area (Å²) in [6.07, 6.45) is 8.58. The van der Waals surface area contributed by atoms with Gasteiger partial charge in [0.2, 0.25) is 5.91 Å². The van der Waals surface area contributed by atoms with Crippen LogP contribution < -0.4 is 5.73 Å². The molecule has 0 spiro atoms. The van der Waals surface area contributed by atoms with Crippen molar-refractivity contribution in [1.82, 2.24) is 4.90 Å². The van der Waals surface area contributed by atoms with Gasteiger partial charge < -0.3 is 10.6 Å². The van der Waals surface area contributed by atoms with Crippen LogP contribution in [-0.2, 0) is 4.79 Å². The van der Waals surface area contributed by atoms with Crippen LogP contribution in [0.3, 0.4) is 0 Å². The van der Waals surface area contributed by atoms with Crippen LogP contribution in [0, 0.1) is 11.8 Å². The second kappa shape index (κ2) is 8.52. The monoisotopic (exact) mass is 254 g/mol. The third kappa shape index (κ3) is 4.97. The summed E-state index contributed by atoms with van der Waals surface area (Å²) in [4.78, 5) is 14.5. The highest BCUT2D eigenvalue weighted by molar-refractivity contribution is 5.78. The van der Waals surface area contributed by atoms with Gasteiger partial charge in [-0.15, -0.1) is 0 Å². The second-order valence-electron chi connectivity index (χ2n) is 5.76. The predicted molar refractivity (Wildman–Crippen MR) is 76.3 cm³/mol. The molecule has 1 atom stereocenters. The number of rotatable bonds is 5. The van der Waals surface area contributed by atoms with Crippen LogP contribution in [0.25, 0.3) is 0 Å². The highest BCUT2D eigenvalue weighted by Gasteiger charge is 2.24. The molecule has 2 N–H and O–H groups in total. The molecular weight excluding hydrogens is 224 g/mol. The summed E-state index contributed by atoms with van der Waals surface area (Å²) in [5, 5.41) is 0. The molecule has 0 aliphatic heterocycles. The Morgan fingerprint density at radius 2 is 1.78 bits per heavy atom. The number of nitrogens with zero attached hydrogens (tertiary/aromatic N) is 1. The van der Waals surface area contributed by atoms with Crippen molar-refractivity contribution in [3.05, 3.63) is 0 Å². The molecule has 0 saturated heterocycles. The standard InChI is InChI=1S/C15H30N2O/c1-3-17(12-13(2)11-16)15(18)14-9-7-5-4-6-8-10-14/h13-14H,3-12,16H2,1-2H3. The molecular formula is C15H30N2O. The molecule has 0 heterocycles. The lowest BCUT2D eigenvalue weighted by molar-refractivity contribution is -0.136. The highest BCUT2D eigenvalue weighted by atomic mass is 16.2. The number of carbonyl (C=O) groups is 1. The van der Waals surface area contributed by atoms with Gasteiger partial charge >= 0.3 is 0 Å². The summed E-state index contributed by atoms with van der Waals surface area (Å²) in [7, 11) is 0. The summed E-state index contributed by atoms with van der Waals surface area (Å²) >= 11 is 0. The molecule has 1 saturated carbocycles. The molecule has 0 radical (unpaired) electrons. The number of nitrogens with two attached hydrogens (primary N) is 1. The molecule has 0 aromatic rings. The minimum absolute atomic E-state index is 0.273. The summed E-state index contributed by atoms with van der Waals surface area (Å²) in [5.74, 6) is 1.05. The van der Waals surface area contributed by atoms with E-state index in [4.69, 9.17) is 5.73 Å². The molecule has 0 aromatic carbocycles. The van der Waals surface area contributed by atoms with Gasteiger partial charge in [-0.3, -0.25) is 4.79 Å². The normalized spacial score (nSPS) is 19.9. The van der Waals surface area contributed by atoms with E-state index in [9.17, 15) is 4.79 Å². The Bertz CT molecular complexity index is 231. The first-order valence-corrected chi connectivity index (χ1v) is 7.67. The van der Waals surface area contributed by atoms with Gasteiger partial charge in [0.25, 0.3) is 0 Å². The molecule has 0 bridgehead atoms. The summed E-state index contributed by atoms with van der Waals surface area (Å²) < 4.78 is 0. The Labute approximate surface area is 112 Å². The van der Waals surface area contributed by atoms with Gasteiger partial charge in [0.05, 0.1) is 0 Å². The number of hydrogen-bond donors (Lipinski definition) is 1. The van der Waals surface area contributed by atoms with Crippen LogP contribution in [0.2, 0.25) is 0 Å². The van der Waals surface area contributed by atoms with Crippen LogP contribution in [0.5, 0.6) is 0 Å². The maximum Gasteiger partial charge on any atom is 0.225 e. The quantitative estimate of drug-likeness (QED) is 0.820. The third-order valence-corrected chi connectivity index (χ3v) is 4.08. The molecule has 1 amide bonds. The highest BCUT2D eigenvalue weighted by Crippen LogP contribution is 2.24. The van der Waals surface area contributed by atoms with E-state index in [0.717, 1.165) is 25.9 Å². The lowest BCUT2D eigenvalue weighted by Gasteiger charge is -2.29. The Balaban J connectivity index is 2.51. The smallest absolute Gasteiger partial charge is 0.225 e. The lowest BCUT2D eigenvalue weighted by atomic mass is 9.90. The Hall–Kier alpha value is -0.570. The summed E-state index contributed by atoms with van der Waals surface area (Å²) in [6.45, 7) is 6.49. The van der Waals surface area contributed by atoms with Gasteiger partial charge in [-0.2, -0.15) is 0 Å². The Kier molecular flexibility index (Phi) is 7.33. The third-order valence-electron chi connectivity index (χ3n) is 4.08. The fraction of sp³-hybridized carbons (Fsp3) is 0.933. The van der Waals surface area contributed by atoms with Crippen molar-refractivity contribution in [1.29, 1.82) is 0 Å². The van der Waals surface area contributed by atoms with Crippen LogP contribution in [0.15, 0.2) is 0 Å². The zero-order chi connectivity index (χ0) is 13.4. The summed E-state index contributed by atoms with van der Waals surface area (Å²) in [5.41, 5.74) is 5.66. The van der Waals surface area contributed by atoms with Gasteiger partial charge in [0, 0.05) is 19.0 Å². The minimum Gasteiger partial charge on any atom is -0.342 e. The molecule has 1 rings (SSSR count). The topological polar surface area (TPSA) is 46.3 Å². The molecule has 1 aliphatic carbocycles. The average molecular weight is 254 g/mol. The van der Waals surface area contributed by atoms with E-state index in [-0.39, 0.29) is 5.92 Å². The van der Waals surface area contributed by atoms with Crippen molar-refractivity contribution < 1.29 is 4.79 Å². The first-order valence-electron chi connectivity index (χ1n) is 7.67. The molecule has 1 aliphatic rings. The van der Waals surface area contributed by atoms with E-state index in [1.165, 1.54) is 32.1 Å². The van der Waals surface area contributed by atoms with Crippen molar-refractivity contribution in [3.63, 3.8) is 0 Å². The molecule has 1 fully saturated rings. The SMILES string of the molecule is CCN(CC(C)CN)C(=O)C1CCCCCCC1. The van der Waals surface area contributed by atoms with E-state index in [0.29, 0.717) is 18.4 Å². The predicted octanol–water partition coefficient (Wildman–Crippen LogP) is 2.79. The largest absolute Gasteiger partial charge is 0.342 e. The molecule has 3 heteroatoms. The Morgan fingerprint density at radius 1 is 1.22 bits per heavy atom. The van der Waals surface area contributed by atoms with Crippen molar-refractivity contribution in [2.75, 3.05) is 19.6 Å². The van der Waals surface area contributed by atoms with E-state index in [1.807, 2.05) is 4.90 Å². The van der Waals surface area contributed by atoms with Crippen molar-refractivity contribution in [3.8, 4) is 0 Å². The Morgan fingerprint density at radius 3 is 2.28 bits per heavy atom. The zero-order valence-electron chi connectivity index (χ0n) is 12.2. The first-order chi connectivity index (χ1) is 8.69. The van der Waals surface area contributed by atoms with Crippen LogP contribution in [0.4, 0.5) is 0 Å². The maximum absolute atomic E-state index is 12.5. The van der Waals surface area contributed by atoms with E-state index in [1.54, 1.807) is 0 Å². The molecule has 3 nitrogen and oxygen atoms in total. The fourth-order valence-electron chi connectivity index (χ4n) is 2.79. The first kappa shape index (κ1) is 15.5. The van der Waals surface area contributed by atoms with Gasteiger partial charge in [0.1, 0.15) is 0 Å². The van der Waals surface area contributed by atoms with Gasteiger partial charge in [-0.1, -0.05) is 39.0 Å². The average Bonchev–Trinajstić information content (AvgIpc) is 2.34. The van der Waals surface area contributed by atoms with Gasteiger partial charge in [-0.05, 0) is 32.2 Å². The molecule has 18 heavy (non-hydrogen) atoms. The maximum atomic E-state index is 12.5. The van der Waals surface area contributed by atoms with E-state index >= 15 is 0 Å². The zero-order valence-corrected chi connectivity index (χ0v) is 12.2. The van der Waals surface area contributed by atoms with Crippen LogP contribution in [0.1, 0.15) is 58.8 Å². The van der Waals surface area contributed by atoms with E-state index < -0.39 is 0 Å². The number of hydrogen-bond acceptors (Lipinski definition) is 2. The van der Waals surface area contributed by atoms with Gasteiger partial charge in [-0.25, -0.2) is 0 Å². The number of carbonyl (C=O) groups excluding carboxylic acids is 1. The minimum atomic E-state index is 0.273. The van der Waals surface area contributed by atoms with Crippen LogP contribution >= 0.6 is 0 Å². The van der Waals surface area contributed by atoms with Crippen LogP contribution in [-0.4, -0.2) is 30.4 Å². The van der Waals surface area contributed by atoms with E-state index in [2.05, 4.69) is 13.8 Å².